The zero-order valence-corrected chi connectivity index (χ0v) is 16.3. The van der Waals surface area contributed by atoms with Gasteiger partial charge in [-0.3, -0.25) is 0 Å². The van der Waals surface area contributed by atoms with E-state index in [1.165, 1.54) is 17.7 Å². The van der Waals surface area contributed by atoms with Crippen molar-refractivity contribution >= 4 is 17.3 Å². The number of aryl methyl sites for hydroxylation is 2. The number of fused-ring (bicyclic) bond motifs is 1. The van der Waals surface area contributed by atoms with Gasteiger partial charge in [-0.25, -0.2) is 9.98 Å². The van der Waals surface area contributed by atoms with Crippen molar-refractivity contribution in [2.45, 2.75) is 66.2 Å². The van der Waals surface area contributed by atoms with Crippen LogP contribution in [0.1, 0.15) is 49.2 Å². The first-order valence-corrected chi connectivity index (χ1v) is 9.84. The van der Waals surface area contributed by atoms with E-state index in [9.17, 15) is 0 Å². The summed E-state index contributed by atoms with van der Waals surface area (Å²) in [5.74, 6) is 1.51. The van der Waals surface area contributed by atoms with Gasteiger partial charge in [0.2, 0.25) is 0 Å². The molecule has 2 aliphatic rings. The molecule has 6 heteroatoms. The molecule has 3 rings (SSSR count). The third-order valence-electron chi connectivity index (χ3n) is 5.35. The topological polar surface area (TPSA) is 58.5 Å². The van der Waals surface area contributed by atoms with E-state index >= 15 is 0 Å². The molecule has 0 radical (unpaired) electrons. The molecule has 5 nitrogen and oxygen atoms in total. The van der Waals surface area contributed by atoms with Crippen molar-refractivity contribution in [3.05, 3.63) is 15.6 Å². The van der Waals surface area contributed by atoms with Gasteiger partial charge in [-0.1, -0.05) is 13.8 Å². The number of nitrogens with one attached hydrogen (secondary N) is 2. The molecule has 3 unspecified atom stereocenters. The number of ether oxygens (including phenoxy) is 1. The molecule has 2 heterocycles. The monoisotopic (exact) mass is 350 g/mol. The third kappa shape index (κ3) is 3.31. The van der Waals surface area contributed by atoms with Gasteiger partial charge in [0.15, 0.2) is 5.96 Å². The van der Waals surface area contributed by atoms with Crippen LogP contribution >= 0.6 is 11.3 Å². The summed E-state index contributed by atoms with van der Waals surface area (Å²) in [5, 5.41) is 8.19. The molecule has 1 saturated carbocycles. The van der Waals surface area contributed by atoms with Gasteiger partial charge in [-0.15, -0.1) is 11.3 Å². The van der Waals surface area contributed by atoms with E-state index in [4.69, 9.17) is 9.73 Å². The van der Waals surface area contributed by atoms with Crippen molar-refractivity contribution in [3.8, 4) is 0 Å². The highest BCUT2D eigenvalue weighted by molar-refractivity contribution is 7.11. The number of aliphatic imine (C=N–C) groups is 1. The van der Waals surface area contributed by atoms with Crippen LogP contribution in [0.25, 0.3) is 0 Å². The van der Waals surface area contributed by atoms with Crippen LogP contribution in [-0.2, 0) is 11.3 Å². The zero-order chi connectivity index (χ0) is 17.3. The van der Waals surface area contributed by atoms with Crippen LogP contribution in [0.2, 0.25) is 0 Å². The van der Waals surface area contributed by atoms with E-state index in [2.05, 4.69) is 50.2 Å². The summed E-state index contributed by atoms with van der Waals surface area (Å²) < 4.78 is 6.00. The molecule has 1 aliphatic carbocycles. The quantitative estimate of drug-likeness (QED) is 0.647. The van der Waals surface area contributed by atoms with Gasteiger partial charge in [0.05, 0.1) is 23.4 Å². The molecule has 24 heavy (non-hydrogen) atoms. The number of rotatable bonds is 4. The predicted molar refractivity (Wildman–Crippen MR) is 99.6 cm³/mol. The Kier molecular flexibility index (Phi) is 5.16. The molecular weight excluding hydrogens is 320 g/mol. The smallest absolute Gasteiger partial charge is 0.191 e. The molecule has 1 aromatic rings. The maximum absolute atomic E-state index is 6.00. The lowest BCUT2D eigenvalue weighted by atomic mass is 9.55. The summed E-state index contributed by atoms with van der Waals surface area (Å²) in [6.45, 7) is 13.3. The van der Waals surface area contributed by atoms with E-state index in [0.717, 1.165) is 29.8 Å². The summed E-state index contributed by atoms with van der Waals surface area (Å²) in [6, 6.07) is 0.421. The van der Waals surface area contributed by atoms with Gasteiger partial charge in [0, 0.05) is 35.4 Å². The normalized spacial score (nSPS) is 28.9. The van der Waals surface area contributed by atoms with Crippen molar-refractivity contribution in [3.63, 3.8) is 0 Å². The number of hydrogen-bond acceptors (Lipinski definition) is 4. The van der Waals surface area contributed by atoms with Gasteiger partial charge >= 0.3 is 0 Å². The minimum Gasteiger partial charge on any atom is -0.377 e. The summed E-state index contributed by atoms with van der Waals surface area (Å²) in [6.07, 6.45) is 2.80. The fraction of sp³-hybridized carbons (Fsp3) is 0.778. The Bertz CT molecular complexity index is 610. The van der Waals surface area contributed by atoms with Gasteiger partial charge in [0.25, 0.3) is 0 Å². The Balaban J connectivity index is 1.69. The lowest BCUT2D eigenvalue weighted by Crippen LogP contribution is -2.71. The summed E-state index contributed by atoms with van der Waals surface area (Å²) in [5.41, 5.74) is 1.25. The number of aromatic nitrogens is 1. The Hall–Kier alpha value is -1.14. The molecular formula is C18H30N4OS. The summed E-state index contributed by atoms with van der Waals surface area (Å²) >= 11 is 1.74. The Morgan fingerprint density at radius 3 is 2.88 bits per heavy atom. The molecule has 1 saturated heterocycles. The lowest BCUT2D eigenvalue weighted by Gasteiger charge is -2.60. The van der Waals surface area contributed by atoms with Crippen LogP contribution in [0.15, 0.2) is 4.99 Å². The Morgan fingerprint density at radius 2 is 2.21 bits per heavy atom. The maximum atomic E-state index is 6.00. The summed E-state index contributed by atoms with van der Waals surface area (Å²) in [7, 11) is 0. The van der Waals surface area contributed by atoms with Gasteiger partial charge in [-0.05, 0) is 33.6 Å². The fourth-order valence-electron chi connectivity index (χ4n) is 4.15. The van der Waals surface area contributed by atoms with Crippen LogP contribution in [0.5, 0.6) is 0 Å². The van der Waals surface area contributed by atoms with Gasteiger partial charge < -0.3 is 15.4 Å². The van der Waals surface area contributed by atoms with Crippen LogP contribution < -0.4 is 10.6 Å². The Morgan fingerprint density at radius 1 is 1.42 bits per heavy atom. The van der Waals surface area contributed by atoms with E-state index in [0.29, 0.717) is 24.6 Å². The molecule has 0 aromatic carbocycles. The molecule has 0 spiro atoms. The van der Waals surface area contributed by atoms with Gasteiger partial charge in [0.1, 0.15) is 0 Å². The van der Waals surface area contributed by atoms with Crippen molar-refractivity contribution in [1.29, 1.82) is 0 Å². The van der Waals surface area contributed by atoms with Crippen LogP contribution in [0.3, 0.4) is 0 Å². The highest BCUT2D eigenvalue weighted by atomic mass is 32.1. The highest BCUT2D eigenvalue weighted by Crippen LogP contribution is 2.51. The SMILES string of the molecule is CCNC(=NCc1sc(C)nc1C)NC1C2CCCOC2C1(C)C. The second kappa shape index (κ2) is 7.00. The maximum Gasteiger partial charge on any atom is 0.191 e. The van der Waals surface area contributed by atoms with E-state index in [1.54, 1.807) is 11.3 Å². The molecule has 3 atom stereocenters. The second-order valence-corrected chi connectivity index (χ2v) is 8.77. The average molecular weight is 351 g/mol. The number of hydrogen-bond donors (Lipinski definition) is 2. The predicted octanol–water partition coefficient (Wildman–Crippen LogP) is 3.02. The van der Waals surface area contributed by atoms with Crippen LogP contribution in [-0.4, -0.2) is 36.2 Å². The average Bonchev–Trinajstić information content (AvgIpc) is 2.87. The highest BCUT2D eigenvalue weighted by Gasteiger charge is 2.58. The number of nitrogens with zero attached hydrogens (tertiary/aromatic N) is 2. The minimum absolute atomic E-state index is 0.151. The first kappa shape index (κ1) is 17.7. The standard InChI is InChI=1S/C18H30N4OS/c1-6-19-17(20-10-14-11(2)21-12(3)24-14)22-15-13-8-7-9-23-16(13)18(15,4)5/h13,15-16H,6-10H2,1-5H3,(H2,19,20,22). The minimum atomic E-state index is 0.151. The molecule has 0 amide bonds. The van der Waals surface area contributed by atoms with Crippen molar-refractivity contribution in [2.24, 2.45) is 16.3 Å². The van der Waals surface area contributed by atoms with E-state index < -0.39 is 0 Å². The molecule has 1 aliphatic heterocycles. The largest absolute Gasteiger partial charge is 0.377 e. The molecule has 0 bridgehead atoms. The van der Waals surface area contributed by atoms with Crippen molar-refractivity contribution in [2.75, 3.05) is 13.2 Å². The van der Waals surface area contributed by atoms with E-state index in [-0.39, 0.29) is 5.41 Å². The van der Waals surface area contributed by atoms with Crippen LogP contribution in [0, 0.1) is 25.2 Å². The lowest BCUT2D eigenvalue weighted by molar-refractivity contribution is -0.188. The van der Waals surface area contributed by atoms with Gasteiger partial charge in [-0.2, -0.15) is 0 Å². The zero-order valence-electron chi connectivity index (χ0n) is 15.5. The molecule has 134 valence electrons. The van der Waals surface area contributed by atoms with Crippen molar-refractivity contribution < 1.29 is 4.74 Å². The number of guanidine groups is 1. The molecule has 1 aromatic heterocycles. The molecule has 2 N–H and O–H groups in total. The fourth-order valence-corrected chi connectivity index (χ4v) is 5.02. The first-order valence-electron chi connectivity index (χ1n) is 9.02. The van der Waals surface area contributed by atoms with E-state index in [1.807, 2.05) is 0 Å². The summed E-state index contributed by atoms with van der Waals surface area (Å²) in [4.78, 5) is 10.5. The second-order valence-electron chi connectivity index (χ2n) is 7.48. The molecule has 2 fully saturated rings. The first-order chi connectivity index (χ1) is 11.4. The van der Waals surface area contributed by atoms with Crippen molar-refractivity contribution in [1.82, 2.24) is 15.6 Å². The number of thiazole rings is 1. The Labute approximate surface area is 149 Å². The third-order valence-corrected chi connectivity index (χ3v) is 6.41. The van der Waals surface area contributed by atoms with Crippen LogP contribution in [0.4, 0.5) is 0 Å².